The summed E-state index contributed by atoms with van der Waals surface area (Å²) >= 11 is 7.59. The maximum atomic E-state index is 14.0. The summed E-state index contributed by atoms with van der Waals surface area (Å²) in [6.07, 6.45) is 0.220. The maximum Gasteiger partial charge on any atom is 0.227 e. The maximum absolute atomic E-state index is 14.0. The Bertz CT molecular complexity index is 949. The van der Waals surface area contributed by atoms with E-state index in [0.717, 1.165) is 21.1 Å². The van der Waals surface area contributed by atoms with Crippen LogP contribution in [0.15, 0.2) is 42.5 Å². The number of aromatic nitrogens is 1. The molecule has 0 aliphatic carbocycles. The molecule has 0 atom stereocenters. The second-order valence-corrected chi connectivity index (χ2v) is 8.19. The summed E-state index contributed by atoms with van der Waals surface area (Å²) < 4.78 is 14.0. The highest BCUT2D eigenvalue weighted by atomic mass is 35.5. The van der Waals surface area contributed by atoms with Crippen LogP contribution in [0.1, 0.15) is 21.0 Å². The molecule has 0 aliphatic rings. The minimum atomic E-state index is -0.406. The van der Waals surface area contributed by atoms with Crippen molar-refractivity contribution in [1.29, 1.82) is 0 Å². The number of hydrogen-bond acceptors (Lipinski definition) is 3. The number of halogens is 2. The van der Waals surface area contributed by atoms with Gasteiger partial charge in [0.2, 0.25) is 5.91 Å². The van der Waals surface area contributed by atoms with Crippen molar-refractivity contribution < 1.29 is 9.18 Å². The number of carbonyl (C=O) groups excluding carboxylic acids is 1. The summed E-state index contributed by atoms with van der Waals surface area (Å²) in [5.41, 5.74) is 3.33. The zero-order valence-corrected chi connectivity index (χ0v) is 17.0. The van der Waals surface area contributed by atoms with Crippen LogP contribution < -0.4 is 0 Å². The molecule has 1 heterocycles. The predicted molar refractivity (Wildman–Crippen MR) is 109 cm³/mol. The molecule has 0 bridgehead atoms. The lowest BCUT2D eigenvalue weighted by Crippen LogP contribution is -2.28. The zero-order valence-electron chi connectivity index (χ0n) is 15.4. The first-order chi connectivity index (χ1) is 12.8. The minimum Gasteiger partial charge on any atom is -0.341 e. The molecular formula is C21H20ClFN2OS. The van der Waals surface area contributed by atoms with Crippen LogP contribution in [0.25, 0.3) is 11.3 Å². The molecule has 0 N–H and O–H groups in total. The normalized spacial score (nSPS) is 10.9. The SMILES string of the molecule is Cc1ccc(-c2nc(C)sc2CC(=O)N(C)Cc2c(F)cccc2Cl)cc1. The molecule has 3 nitrogen and oxygen atoms in total. The van der Waals surface area contributed by atoms with Gasteiger partial charge in [0.05, 0.1) is 17.1 Å². The van der Waals surface area contributed by atoms with Crippen LogP contribution in [0.3, 0.4) is 0 Å². The number of amides is 1. The summed E-state index contributed by atoms with van der Waals surface area (Å²) in [6.45, 7) is 4.09. The zero-order chi connectivity index (χ0) is 19.6. The Balaban J connectivity index is 1.79. The van der Waals surface area contributed by atoms with Crippen LogP contribution >= 0.6 is 22.9 Å². The molecule has 27 heavy (non-hydrogen) atoms. The summed E-state index contributed by atoms with van der Waals surface area (Å²) in [6, 6.07) is 12.6. The van der Waals surface area contributed by atoms with E-state index in [1.165, 1.54) is 27.9 Å². The summed E-state index contributed by atoms with van der Waals surface area (Å²) in [5, 5.41) is 1.23. The number of hydrogen-bond donors (Lipinski definition) is 0. The van der Waals surface area contributed by atoms with Crippen molar-refractivity contribution in [1.82, 2.24) is 9.88 Å². The van der Waals surface area contributed by atoms with Gasteiger partial charge in [-0.15, -0.1) is 11.3 Å². The summed E-state index contributed by atoms with van der Waals surface area (Å²) in [4.78, 5) is 19.7. The summed E-state index contributed by atoms with van der Waals surface area (Å²) in [7, 11) is 1.66. The van der Waals surface area contributed by atoms with Gasteiger partial charge in [-0.3, -0.25) is 4.79 Å². The molecule has 1 aromatic heterocycles. The Morgan fingerprint density at radius 3 is 2.56 bits per heavy atom. The van der Waals surface area contributed by atoms with Gasteiger partial charge in [-0.25, -0.2) is 9.37 Å². The van der Waals surface area contributed by atoms with Gasteiger partial charge in [0, 0.05) is 34.6 Å². The third-order valence-corrected chi connectivity index (χ3v) is 5.65. The van der Waals surface area contributed by atoms with Gasteiger partial charge in [-0.05, 0) is 26.0 Å². The van der Waals surface area contributed by atoms with Gasteiger partial charge in [-0.2, -0.15) is 0 Å². The smallest absolute Gasteiger partial charge is 0.227 e. The lowest BCUT2D eigenvalue weighted by molar-refractivity contribution is -0.129. The highest BCUT2D eigenvalue weighted by molar-refractivity contribution is 7.12. The van der Waals surface area contributed by atoms with Gasteiger partial charge in [0.25, 0.3) is 0 Å². The Kier molecular flexibility index (Phi) is 5.92. The van der Waals surface area contributed by atoms with Crippen LogP contribution in [-0.2, 0) is 17.8 Å². The molecule has 0 fully saturated rings. The van der Waals surface area contributed by atoms with Gasteiger partial charge < -0.3 is 4.90 Å². The number of carbonyl (C=O) groups is 1. The summed E-state index contributed by atoms with van der Waals surface area (Å²) in [5.74, 6) is -0.512. The van der Waals surface area contributed by atoms with E-state index in [4.69, 9.17) is 11.6 Å². The first-order valence-electron chi connectivity index (χ1n) is 8.55. The Hall–Kier alpha value is -2.24. The Morgan fingerprint density at radius 1 is 1.19 bits per heavy atom. The second kappa shape index (κ2) is 8.19. The molecular weight excluding hydrogens is 383 g/mol. The van der Waals surface area contributed by atoms with E-state index >= 15 is 0 Å². The lowest BCUT2D eigenvalue weighted by atomic mass is 10.1. The third kappa shape index (κ3) is 4.54. The molecule has 0 radical (unpaired) electrons. The van der Waals surface area contributed by atoms with E-state index in [9.17, 15) is 9.18 Å². The average molecular weight is 403 g/mol. The van der Waals surface area contributed by atoms with E-state index < -0.39 is 5.82 Å². The van der Waals surface area contributed by atoms with Gasteiger partial charge in [-0.1, -0.05) is 47.5 Å². The number of aryl methyl sites for hydroxylation is 2. The van der Waals surface area contributed by atoms with E-state index in [-0.39, 0.29) is 18.9 Å². The average Bonchev–Trinajstić information content (AvgIpc) is 2.99. The van der Waals surface area contributed by atoms with Crippen molar-refractivity contribution in [2.75, 3.05) is 7.05 Å². The van der Waals surface area contributed by atoms with Crippen molar-refractivity contribution in [3.8, 4) is 11.3 Å². The van der Waals surface area contributed by atoms with Crippen molar-refractivity contribution in [2.24, 2.45) is 0 Å². The molecule has 1 amide bonds. The van der Waals surface area contributed by atoms with E-state index in [1.807, 2.05) is 38.1 Å². The van der Waals surface area contributed by atoms with Crippen LogP contribution in [0.5, 0.6) is 0 Å². The number of benzene rings is 2. The Morgan fingerprint density at radius 2 is 1.89 bits per heavy atom. The van der Waals surface area contributed by atoms with Crippen molar-refractivity contribution in [3.05, 3.63) is 74.3 Å². The van der Waals surface area contributed by atoms with Crippen LogP contribution in [0, 0.1) is 19.7 Å². The van der Waals surface area contributed by atoms with E-state index in [2.05, 4.69) is 4.98 Å². The van der Waals surface area contributed by atoms with Crippen LogP contribution in [0.4, 0.5) is 4.39 Å². The number of nitrogens with zero attached hydrogens (tertiary/aromatic N) is 2. The molecule has 140 valence electrons. The van der Waals surface area contributed by atoms with Crippen LogP contribution in [0.2, 0.25) is 5.02 Å². The quantitative estimate of drug-likeness (QED) is 0.570. The first kappa shape index (κ1) is 19.5. The number of rotatable bonds is 5. The van der Waals surface area contributed by atoms with Crippen molar-refractivity contribution in [2.45, 2.75) is 26.8 Å². The van der Waals surface area contributed by atoms with E-state index in [1.54, 1.807) is 19.2 Å². The molecule has 0 spiro atoms. The van der Waals surface area contributed by atoms with Gasteiger partial charge in [0.1, 0.15) is 5.82 Å². The molecule has 0 saturated carbocycles. The molecule has 3 aromatic rings. The van der Waals surface area contributed by atoms with Crippen molar-refractivity contribution in [3.63, 3.8) is 0 Å². The van der Waals surface area contributed by atoms with Crippen LogP contribution in [-0.4, -0.2) is 22.8 Å². The van der Waals surface area contributed by atoms with E-state index in [0.29, 0.717) is 10.6 Å². The molecule has 2 aromatic carbocycles. The standard InChI is InChI=1S/C21H20ClFN2OS/c1-13-7-9-15(10-8-13)21-19(27-14(2)24-21)11-20(26)25(3)12-16-17(22)5-4-6-18(16)23/h4-10H,11-12H2,1-3H3. The fourth-order valence-electron chi connectivity index (χ4n) is 2.81. The molecule has 0 saturated heterocycles. The van der Waals surface area contributed by atoms with Crippen molar-refractivity contribution >= 4 is 28.8 Å². The predicted octanol–water partition coefficient (Wildman–Crippen LogP) is 5.42. The highest BCUT2D eigenvalue weighted by Gasteiger charge is 2.19. The highest BCUT2D eigenvalue weighted by Crippen LogP contribution is 2.29. The lowest BCUT2D eigenvalue weighted by Gasteiger charge is -2.18. The number of thiazole rings is 1. The minimum absolute atomic E-state index is 0.105. The number of likely N-dealkylation sites (N-methyl/N-ethyl adjacent to an activating group) is 1. The molecule has 0 unspecified atom stereocenters. The fourth-order valence-corrected chi connectivity index (χ4v) is 3.98. The third-order valence-electron chi connectivity index (χ3n) is 4.32. The second-order valence-electron chi connectivity index (χ2n) is 6.50. The van der Waals surface area contributed by atoms with Gasteiger partial charge >= 0.3 is 0 Å². The Labute approximate surface area is 167 Å². The monoisotopic (exact) mass is 402 g/mol. The van der Waals surface area contributed by atoms with Gasteiger partial charge in [0.15, 0.2) is 0 Å². The molecule has 6 heteroatoms. The molecule has 3 rings (SSSR count). The largest absolute Gasteiger partial charge is 0.341 e. The topological polar surface area (TPSA) is 33.2 Å². The molecule has 0 aliphatic heterocycles. The first-order valence-corrected chi connectivity index (χ1v) is 9.75. The fraction of sp³-hybridized carbons (Fsp3) is 0.238.